The van der Waals surface area contributed by atoms with Gasteiger partial charge in [0.1, 0.15) is 6.17 Å². The number of amides is 1. The molecule has 1 N–H and O–H groups in total. The summed E-state index contributed by atoms with van der Waals surface area (Å²) in [6.07, 6.45) is 0.915. The highest BCUT2D eigenvalue weighted by Crippen LogP contribution is 2.27. The van der Waals surface area contributed by atoms with Crippen LogP contribution in [-0.2, 0) is 11.3 Å². The molecule has 1 aromatic rings. The fourth-order valence-corrected chi connectivity index (χ4v) is 3.72. The number of alkyl halides is 1. The molecule has 5 heteroatoms. The molecule has 126 valence electrons. The summed E-state index contributed by atoms with van der Waals surface area (Å²) in [4.78, 5) is 16.5. The van der Waals surface area contributed by atoms with E-state index in [0.717, 1.165) is 32.5 Å². The van der Waals surface area contributed by atoms with Gasteiger partial charge in [-0.15, -0.1) is 0 Å². The Hall–Kier alpha value is -1.46. The normalized spacial score (nSPS) is 26.6. The van der Waals surface area contributed by atoms with Crippen LogP contribution in [0.5, 0.6) is 0 Å². The summed E-state index contributed by atoms with van der Waals surface area (Å²) < 4.78 is 13.5. The summed E-state index contributed by atoms with van der Waals surface area (Å²) in [6.45, 7) is 2.70. The first-order valence-electron chi connectivity index (χ1n) is 8.49. The summed E-state index contributed by atoms with van der Waals surface area (Å²) in [5.41, 5.74) is 1.29. The van der Waals surface area contributed by atoms with Crippen molar-refractivity contribution in [2.45, 2.75) is 38.0 Å². The fraction of sp³-hybridized carbons (Fsp3) is 0.611. The smallest absolute Gasteiger partial charge is 0.226 e. The van der Waals surface area contributed by atoms with Crippen LogP contribution in [0, 0.1) is 5.92 Å². The van der Waals surface area contributed by atoms with E-state index in [0.29, 0.717) is 0 Å². The maximum Gasteiger partial charge on any atom is 0.226 e. The minimum Gasteiger partial charge on any atom is -0.394 e. The van der Waals surface area contributed by atoms with E-state index in [-0.39, 0.29) is 37.4 Å². The molecule has 1 aromatic carbocycles. The highest BCUT2D eigenvalue weighted by molar-refractivity contribution is 5.79. The Labute approximate surface area is 136 Å². The van der Waals surface area contributed by atoms with Gasteiger partial charge < -0.3 is 10.0 Å². The van der Waals surface area contributed by atoms with Crippen LogP contribution in [-0.4, -0.2) is 59.3 Å². The number of carbonyl (C=O) groups excluding carboxylic acids is 1. The van der Waals surface area contributed by atoms with E-state index in [2.05, 4.69) is 17.0 Å². The van der Waals surface area contributed by atoms with E-state index in [1.54, 1.807) is 4.90 Å². The van der Waals surface area contributed by atoms with Crippen LogP contribution in [0.3, 0.4) is 0 Å². The van der Waals surface area contributed by atoms with Gasteiger partial charge in [-0.25, -0.2) is 4.39 Å². The summed E-state index contributed by atoms with van der Waals surface area (Å²) >= 11 is 0. The van der Waals surface area contributed by atoms with Crippen LogP contribution in [0.25, 0.3) is 0 Å². The highest BCUT2D eigenvalue weighted by atomic mass is 19.1. The lowest BCUT2D eigenvalue weighted by molar-refractivity contribution is -0.138. The Morgan fingerprint density at radius 3 is 2.57 bits per heavy atom. The molecule has 2 saturated heterocycles. The number of piperidine rings is 1. The molecule has 4 nitrogen and oxygen atoms in total. The van der Waals surface area contributed by atoms with Crippen LogP contribution in [0.4, 0.5) is 4.39 Å². The molecular weight excluding hydrogens is 295 g/mol. The fourth-order valence-electron chi connectivity index (χ4n) is 3.72. The Bertz CT molecular complexity index is 517. The molecule has 0 aliphatic carbocycles. The molecule has 2 aliphatic rings. The van der Waals surface area contributed by atoms with Crippen molar-refractivity contribution >= 4 is 5.91 Å². The molecule has 2 aliphatic heterocycles. The Balaban J connectivity index is 1.51. The van der Waals surface area contributed by atoms with Gasteiger partial charge in [-0.05, 0) is 31.5 Å². The minimum atomic E-state index is -0.991. The standard InChI is InChI=1S/C18H25FN2O2/c19-16-10-17(13-22)21(12-16)18(23)15-6-8-20(9-7-15)11-14-4-2-1-3-5-14/h1-5,15-17,22H,6-13H2/t16-,17-/m0/s1. The molecule has 2 atom stereocenters. The third kappa shape index (κ3) is 3.90. The molecule has 0 saturated carbocycles. The Morgan fingerprint density at radius 1 is 1.22 bits per heavy atom. The highest BCUT2D eigenvalue weighted by Gasteiger charge is 2.38. The zero-order chi connectivity index (χ0) is 16.2. The monoisotopic (exact) mass is 320 g/mol. The zero-order valence-electron chi connectivity index (χ0n) is 13.4. The average molecular weight is 320 g/mol. The van der Waals surface area contributed by atoms with Crippen molar-refractivity contribution in [3.63, 3.8) is 0 Å². The number of likely N-dealkylation sites (tertiary alicyclic amines) is 2. The number of carbonyl (C=O) groups is 1. The molecule has 2 fully saturated rings. The van der Waals surface area contributed by atoms with Crippen LogP contribution in [0.15, 0.2) is 30.3 Å². The zero-order valence-corrected chi connectivity index (χ0v) is 13.4. The summed E-state index contributed by atoms with van der Waals surface area (Å²) in [5.74, 6) is 0.00457. The number of aliphatic hydroxyl groups is 1. The van der Waals surface area contributed by atoms with Gasteiger partial charge in [-0.1, -0.05) is 30.3 Å². The topological polar surface area (TPSA) is 43.8 Å². The van der Waals surface area contributed by atoms with Crippen molar-refractivity contribution in [2.75, 3.05) is 26.2 Å². The van der Waals surface area contributed by atoms with Crippen LogP contribution in [0.1, 0.15) is 24.8 Å². The third-order valence-corrected chi connectivity index (χ3v) is 5.04. The minimum absolute atomic E-state index is 0.0265. The number of benzene rings is 1. The second-order valence-corrected chi connectivity index (χ2v) is 6.70. The first-order valence-corrected chi connectivity index (χ1v) is 8.49. The molecule has 0 aromatic heterocycles. The maximum absolute atomic E-state index is 13.5. The predicted octanol–water partition coefficient (Wildman–Crippen LogP) is 1.83. The molecule has 0 bridgehead atoms. The van der Waals surface area contributed by atoms with E-state index in [9.17, 15) is 14.3 Å². The van der Waals surface area contributed by atoms with E-state index < -0.39 is 6.17 Å². The SMILES string of the molecule is O=C(C1CCN(Cc2ccccc2)CC1)N1C[C@@H](F)C[C@H]1CO. The first kappa shape index (κ1) is 16.4. The third-order valence-electron chi connectivity index (χ3n) is 5.04. The maximum atomic E-state index is 13.5. The number of aliphatic hydroxyl groups excluding tert-OH is 1. The van der Waals surface area contributed by atoms with Crippen molar-refractivity contribution in [3.05, 3.63) is 35.9 Å². The van der Waals surface area contributed by atoms with Crippen molar-refractivity contribution in [1.82, 2.24) is 9.80 Å². The van der Waals surface area contributed by atoms with Crippen molar-refractivity contribution in [2.24, 2.45) is 5.92 Å². The Morgan fingerprint density at radius 2 is 1.91 bits per heavy atom. The van der Waals surface area contributed by atoms with E-state index in [4.69, 9.17) is 0 Å². The molecule has 0 spiro atoms. The van der Waals surface area contributed by atoms with E-state index in [1.807, 2.05) is 18.2 Å². The number of hydrogen-bond donors (Lipinski definition) is 1. The summed E-state index contributed by atoms with van der Waals surface area (Å²) in [6, 6.07) is 10.0. The predicted molar refractivity (Wildman–Crippen MR) is 86.5 cm³/mol. The molecule has 23 heavy (non-hydrogen) atoms. The number of halogens is 1. The van der Waals surface area contributed by atoms with Gasteiger partial charge in [0.25, 0.3) is 0 Å². The van der Waals surface area contributed by atoms with E-state index in [1.165, 1.54) is 5.56 Å². The lowest BCUT2D eigenvalue weighted by Crippen LogP contribution is -2.45. The molecular formula is C18H25FN2O2. The first-order chi connectivity index (χ1) is 11.2. The van der Waals surface area contributed by atoms with Gasteiger partial charge in [-0.2, -0.15) is 0 Å². The molecule has 2 heterocycles. The Kier molecular flexibility index (Phi) is 5.28. The second-order valence-electron chi connectivity index (χ2n) is 6.70. The second kappa shape index (κ2) is 7.41. The van der Waals surface area contributed by atoms with Gasteiger partial charge in [0.2, 0.25) is 5.91 Å². The number of nitrogens with zero attached hydrogens (tertiary/aromatic N) is 2. The molecule has 0 radical (unpaired) electrons. The summed E-state index contributed by atoms with van der Waals surface area (Å²) in [7, 11) is 0. The van der Waals surface area contributed by atoms with E-state index >= 15 is 0 Å². The van der Waals surface area contributed by atoms with Crippen molar-refractivity contribution in [3.8, 4) is 0 Å². The molecule has 1 amide bonds. The molecule has 3 rings (SSSR count). The van der Waals surface area contributed by atoms with Gasteiger partial charge in [0.15, 0.2) is 0 Å². The van der Waals surface area contributed by atoms with Crippen LogP contribution in [0.2, 0.25) is 0 Å². The molecule has 0 unspecified atom stereocenters. The van der Waals surface area contributed by atoms with Crippen LogP contribution >= 0.6 is 0 Å². The summed E-state index contributed by atoms with van der Waals surface area (Å²) in [5, 5.41) is 9.34. The number of rotatable bonds is 4. The van der Waals surface area contributed by atoms with Gasteiger partial charge in [0.05, 0.1) is 19.2 Å². The lowest BCUT2D eigenvalue weighted by atomic mass is 9.94. The largest absolute Gasteiger partial charge is 0.394 e. The average Bonchev–Trinajstić information content (AvgIpc) is 2.97. The van der Waals surface area contributed by atoms with Crippen molar-refractivity contribution < 1.29 is 14.3 Å². The quantitative estimate of drug-likeness (QED) is 0.920. The lowest BCUT2D eigenvalue weighted by Gasteiger charge is -2.34. The van der Waals surface area contributed by atoms with Crippen LogP contribution < -0.4 is 0 Å². The van der Waals surface area contributed by atoms with Crippen molar-refractivity contribution in [1.29, 1.82) is 0 Å². The van der Waals surface area contributed by atoms with Gasteiger partial charge in [0, 0.05) is 18.9 Å². The van der Waals surface area contributed by atoms with Gasteiger partial charge in [-0.3, -0.25) is 9.69 Å². The number of hydrogen-bond acceptors (Lipinski definition) is 3. The van der Waals surface area contributed by atoms with Gasteiger partial charge >= 0.3 is 0 Å².